The molecule has 0 aliphatic heterocycles. The normalized spacial score (nSPS) is 17.6. The number of fused-ring (bicyclic) bond motifs is 1. The van der Waals surface area contributed by atoms with Crippen molar-refractivity contribution in [1.82, 2.24) is 4.98 Å². The number of H-pyrrole nitrogens is 1. The first kappa shape index (κ1) is 10.7. The average molecular weight is 229 g/mol. The summed E-state index contributed by atoms with van der Waals surface area (Å²) in [6.07, 6.45) is 10.2. The van der Waals surface area contributed by atoms with Crippen molar-refractivity contribution in [2.24, 2.45) is 5.92 Å². The summed E-state index contributed by atoms with van der Waals surface area (Å²) in [6, 6.07) is 5.57. The Kier molecular flexibility index (Phi) is 2.79. The molecule has 2 aromatic rings. The highest BCUT2D eigenvalue weighted by atomic mass is 16.3. The molecule has 2 N–H and O–H groups in total. The third kappa shape index (κ3) is 2.17. The molecule has 1 aliphatic rings. The highest BCUT2D eigenvalue weighted by Crippen LogP contribution is 2.30. The molecule has 0 unspecified atom stereocenters. The monoisotopic (exact) mass is 229 g/mol. The van der Waals surface area contributed by atoms with Gasteiger partial charge in [-0.05, 0) is 36.1 Å². The van der Waals surface area contributed by atoms with Gasteiger partial charge in [-0.1, -0.05) is 32.1 Å². The largest absolute Gasteiger partial charge is 0.508 e. The predicted molar refractivity (Wildman–Crippen MR) is 70.2 cm³/mol. The van der Waals surface area contributed by atoms with Gasteiger partial charge in [0.05, 0.1) is 0 Å². The molecule has 0 amide bonds. The number of benzene rings is 1. The summed E-state index contributed by atoms with van der Waals surface area (Å²) < 4.78 is 0. The van der Waals surface area contributed by atoms with Crippen molar-refractivity contribution in [3.63, 3.8) is 0 Å². The number of phenolic OH excluding ortho intramolecular Hbond substituents is 1. The average Bonchev–Trinajstić information content (AvgIpc) is 2.73. The second kappa shape index (κ2) is 4.44. The van der Waals surface area contributed by atoms with Gasteiger partial charge in [0.15, 0.2) is 0 Å². The van der Waals surface area contributed by atoms with Gasteiger partial charge in [-0.15, -0.1) is 0 Å². The Morgan fingerprint density at radius 3 is 2.82 bits per heavy atom. The molecule has 17 heavy (non-hydrogen) atoms. The van der Waals surface area contributed by atoms with Crippen molar-refractivity contribution in [1.29, 1.82) is 0 Å². The minimum atomic E-state index is 0.363. The van der Waals surface area contributed by atoms with Crippen LogP contribution in [0.1, 0.15) is 37.7 Å². The van der Waals surface area contributed by atoms with Crippen LogP contribution in [0.4, 0.5) is 0 Å². The Morgan fingerprint density at radius 2 is 2.00 bits per heavy atom. The smallest absolute Gasteiger partial charge is 0.116 e. The van der Waals surface area contributed by atoms with Gasteiger partial charge in [-0.3, -0.25) is 0 Å². The van der Waals surface area contributed by atoms with Crippen LogP contribution in [0, 0.1) is 5.92 Å². The SMILES string of the molecule is Oc1ccc2[nH]cc(CC3CCCCC3)c2c1. The number of aromatic nitrogens is 1. The highest BCUT2D eigenvalue weighted by Gasteiger charge is 2.15. The van der Waals surface area contributed by atoms with Gasteiger partial charge in [0, 0.05) is 17.1 Å². The summed E-state index contributed by atoms with van der Waals surface area (Å²) in [5.74, 6) is 1.20. The molecule has 3 rings (SSSR count). The van der Waals surface area contributed by atoms with Crippen molar-refractivity contribution in [2.45, 2.75) is 38.5 Å². The van der Waals surface area contributed by atoms with E-state index in [1.165, 1.54) is 43.1 Å². The molecule has 2 nitrogen and oxygen atoms in total. The summed E-state index contributed by atoms with van der Waals surface area (Å²) in [6.45, 7) is 0. The van der Waals surface area contributed by atoms with Gasteiger partial charge in [0.2, 0.25) is 0 Å². The standard InChI is InChI=1S/C15H19NO/c17-13-6-7-15-14(9-13)12(10-16-15)8-11-4-2-1-3-5-11/h6-7,9-11,16-17H,1-5,8H2. The summed E-state index contributed by atoms with van der Waals surface area (Å²) >= 11 is 0. The fourth-order valence-corrected chi connectivity index (χ4v) is 3.04. The van der Waals surface area contributed by atoms with Crippen molar-refractivity contribution >= 4 is 10.9 Å². The maximum atomic E-state index is 9.57. The number of hydrogen-bond acceptors (Lipinski definition) is 1. The van der Waals surface area contributed by atoms with Crippen LogP contribution in [0.5, 0.6) is 5.75 Å². The second-order valence-electron chi connectivity index (χ2n) is 5.25. The summed E-state index contributed by atoms with van der Waals surface area (Å²) in [5, 5.41) is 10.8. The van der Waals surface area contributed by atoms with Crippen LogP contribution in [0.25, 0.3) is 10.9 Å². The van der Waals surface area contributed by atoms with Crippen LogP contribution in [0.3, 0.4) is 0 Å². The van der Waals surface area contributed by atoms with Gasteiger partial charge in [0.1, 0.15) is 5.75 Å². The lowest BCUT2D eigenvalue weighted by atomic mass is 9.85. The van der Waals surface area contributed by atoms with E-state index >= 15 is 0 Å². The zero-order valence-corrected chi connectivity index (χ0v) is 10.1. The quantitative estimate of drug-likeness (QED) is 0.802. The van der Waals surface area contributed by atoms with Crippen LogP contribution in [0.15, 0.2) is 24.4 Å². The molecule has 0 saturated heterocycles. The first-order chi connectivity index (χ1) is 8.33. The second-order valence-corrected chi connectivity index (χ2v) is 5.25. The Hall–Kier alpha value is -1.44. The third-order valence-electron chi connectivity index (χ3n) is 3.98. The third-order valence-corrected chi connectivity index (χ3v) is 3.98. The molecular formula is C15H19NO. The number of aromatic hydroxyl groups is 1. The Balaban J connectivity index is 1.86. The maximum Gasteiger partial charge on any atom is 0.116 e. The molecule has 1 heterocycles. The van der Waals surface area contributed by atoms with E-state index in [1.807, 2.05) is 12.1 Å². The van der Waals surface area contributed by atoms with Gasteiger partial charge < -0.3 is 10.1 Å². The lowest BCUT2D eigenvalue weighted by molar-refractivity contribution is 0.357. The minimum absolute atomic E-state index is 0.363. The maximum absolute atomic E-state index is 9.57. The molecule has 2 heteroatoms. The van der Waals surface area contributed by atoms with E-state index in [1.54, 1.807) is 6.07 Å². The minimum Gasteiger partial charge on any atom is -0.508 e. The van der Waals surface area contributed by atoms with Gasteiger partial charge in [-0.2, -0.15) is 0 Å². The van der Waals surface area contributed by atoms with Crippen LogP contribution in [-0.4, -0.2) is 10.1 Å². The van der Waals surface area contributed by atoms with Gasteiger partial charge in [0.25, 0.3) is 0 Å². The van der Waals surface area contributed by atoms with E-state index in [4.69, 9.17) is 0 Å². The van der Waals surface area contributed by atoms with Crippen LogP contribution >= 0.6 is 0 Å². The van der Waals surface area contributed by atoms with Crippen LogP contribution in [-0.2, 0) is 6.42 Å². The van der Waals surface area contributed by atoms with E-state index in [0.717, 1.165) is 17.9 Å². The Labute approximate surface area is 102 Å². The zero-order valence-electron chi connectivity index (χ0n) is 10.1. The number of nitrogens with one attached hydrogen (secondary N) is 1. The molecule has 0 spiro atoms. The van der Waals surface area contributed by atoms with Gasteiger partial charge in [-0.25, -0.2) is 0 Å². The van der Waals surface area contributed by atoms with E-state index in [0.29, 0.717) is 5.75 Å². The molecule has 1 saturated carbocycles. The molecule has 0 atom stereocenters. The summed E-state index contributed by atoms with van der Waals surface area (Å²) in [4.78, 5) is 3.29. The molecule has 0 bridgehead atoms. The van der Waals surface area contributed by atoms with Crippen molar-refractivity contribution < 1.29 is 5.11 Å². The van der Waals surface area contributed by atoms with E-state index in [9.17, 15) is 5.11 Å². The molecule has 1 aromatic heterocycles. The predicted octanol–water partition coefficient (Wildman–Crippen LogP) is 4.00. The molecule has 0 radical (unpaired) electrons. The highest BCUT2D eigenvalue weighted by molar-refractivity contribution is 5.84. The molecule has 1 fully saturated rings. The van der Waals surface area contributed by atoms with E-state index in [2.05, 4.69) is 11.2 Å². The molecule has 1 aromatic carbocycles. The van der Waals surface area contributed by atoms with Crippen LogP contribution in [0.2, 0.25) is 0 Å². The lowest BCUT2D eigenvalue weighted by Crippen LogP contribution is -2.08. The Bertz CT molecular complexity index is 509. The topological polar surface area (TPSA) is 36.0 Å². The number of phenols is 1. The van der Waals surface area contributed by atoms with Crippen molar-refractivity contribution in [2.75, 3.05) is 0 Å². The lowest BCUT2D eigenvalue weighted by Gasteiger charge is -2.21. The molecule has 90 valence electrons. The van der Waals surface area contributed by atoms with Crippen molar-refractivity contribution in [3.8, 4) is 5.75 Å². The number of hydrogen-bond donors (Lipinski definition) is 2. The fraction of sp³-hybridized carbons (Fsp3) is 0.467. The summed E-state index contributed by atoms with van der Waals surface area (Å²) in [5.41, 5.74) is 2.50. The van der Waals surface area contributed by atoms with E-state index < -0.39 is 0 Å². The molecular weight excluding hydrogens is 210 g/mol. The zero-order chi connectivity index (χ0) is 11.7. The number of rotatable bonds is 2. The summed E-state index contributed by atoms with van der Waals surface area (Å²) in [7, 11) is 0. The van der Waals surface area contributed by atoms with Gasteiger partial charge >= 0.3 is 0 Å². The van der Waals surface area contributed by atoms with Crippen LogP contribution < -0.4 is 0 Å². The number of aromatic amines is 1. The van der Waals surface area contributed by atoms with Crippen molar-refractivity contribution in [3.05, 3.63) is 30.0 Å². The van der Waals surface area contributed by atoms with E-state index in [-0.39, 0.29) is 0 Å². The first-order valence-corrected chi connectivity index (χ1v) is 6.62. The fourth-order valence-electron chi connectivity index (χ4n) is 3.04. The first-order valence-electron chi connectivity index (χ1n) is 6.62. The molecule has 1 aliphatic carbocycles. The Morgan fingerprint density at radius 1 is 1.18 bits per heavy atom.